The summed E-state index contributed by atoms with van der Waals surface area (Å²) >= 11 is 19.9. The molecule has 0 bridgehead atoms. The van der Waals surface area contributed by atoms with Crippen LogP contribution in [0.25, 0.3) is 115 Å². The molecule has 0 atom stereocenters. The maximum absolute atomic E-state index is 13.1. The van der Waals surface area contributed by atoms with E-state index in [4.69, 9.17) is 0 Å². The Morgan fingerprint density at radius 1 is 0.252 bits per heavy atom. The first kappa shape index (κ1) is 87.5. The van der Waals surface area contributed by atoms with Crippen molar-refractivity contribution in [1.29, 1.82) is 0 Å². The molecule has 0 aliphatic carbocycles. The van der Waals surface area contributed by atoms with E-state index in [1.807, 2.05) is 186 Å². The summed E-state index contributed by atoms with van der Waals surface area (Å²) < 4.78 is 109. The number of aromatic hydroxyl groups is 6. The van der Waals surface area contributed by atoms with Gasteiger partial charge in [0.25, 0.3) is 0 Å². The van der Waals surface area contributed by atoms with Gasteiger partial charge < -0.3 is 35.2 Å². The number of aromatic nitrogens is 1. The van der Waals surface area contributed by atoms with Crippen LogP contribution in [0, 0.1) is 53.2 Å². The van der Waals surface area contributed by atoms with Gasteiger partial charge in [-0.15, -0.1) is 0 Å². The Labute approximate surface area is 731 Å². The fourth-order valence-corrected chi connectivity index (χ4v) is 17.4. The van der Waals surface area contributed by atoms with Crippen molar-refractivity contribution < 1.29 is 65.8 Å². The van der Waals surface area contributed by atoms with Crippen LogP contribution in [-0.2, 0) is 12.4 Å². The number of hydrogen-bond donors (Lipinski definition) is 6. The number of fused-ring (bicyclic) bond motifs is 6. The second-order valence-electron chi connectivity index (χ2n) is 28.2. The molecule has 0 unspecified atom stereocenters. The number of phenols is 6. The van der Waals surface area contributed by atoms with Crippen molar-refractivity contribution in [3.05, 3.63) is 368 Å². The number of nitrogens with zero attached hydrogens (tertiary/aromatic N) is 1. The minimum Gasteiger partial charge on any atom is -0.506 e. The van der Waals surface area contributed by atoms with E-state index in [-0.39, 0.29) is 38.9 Å². The van der Waals surface area contributed by atoms with Crippen molar-refractivity contribution in [3.63, 3.8) is 0 Å². The van der Waals surface area contributed by atoms with Crippen LogP contribution in [-0.4, -0.2) is 35.2 Å². The third-order valence-corrected chi connectivity index (χ3v) is 23.0. The fraction of sp³-hybridized carbons (Fsp3) is 0.0816. The van der Waals surface area contributed by atoms with Crippen molar-refractivity contribution in [2.75, 3.05) is 0 Å². The van der Waals surface area contributed by atoms with Crippen LogP contribution < -0.4 is 0 Å². The van der Waals surface area contributed by atoms with Gasteiger partial charge in [0.05, 0.1) is 54.7 Å². The summed E-state index contributed by atoms with van der Waals surface area (Å²) in [5.74, 6) is -0.652. The van der Waals surface area contributed by atoms with Crippen molar-refractivity contribution in [1.82, 2.24) is 4.57 Å². The molecule has 119 heavy (non-hydrogen) atoms. The number of hydrogen-bond acceptors (Lipinski definition) is 6. The molecule has 0 radical (unpaired) electrons. The summed E-state index contributed by atoms with van der Waals surface area (Å²) in [7, 11) is 0. The number of benzene rings is 16. The van der Waals surface area contributed by atoms with Crippen LogP contribution in [0.15, 0.2) is 312 Å². The number of rotatable bonds is 6. The van der Waals surface area contributed by atoms with Crippen LogP contribution in [0.5, 0.6) is 34.5 Å². The first-order valence-corrected chi connectivity index (χ1v) is 41.4. The van der Waals surface area contributed by atoms with E-state index >= 15 is 0 Å². The van der Waals surface area contributed by atoms with E-state index < -0.39 is 40.9 Å². The van der Waals surface area contributed by atoms with Gasteiger partial charge in [0.2, 0.25) is 0 Å². The minimum atomic E-state index is -4.94. The molecule has 602 valence electrons. The van der Waals surface area contributed by atoms with E-state index in [1.165, 1.54) is 51.2 Å². The molecule has 7 nitrogen and oxygen atoms in total. The molecule has 16 aromatic carbocycles. The molecule has 0 aliphatic rings. The number of para-hydroxylation sites is 2. The summed E-state index contributed by atoms with van der Waals surface area (Å²) in [4.78, 5) is 0. The molecule has 21 heteroatoms. The second kappa shape index (κ2) is 37.2. The van der Waals surface area contributed by atoms with E-state index in [2.05, 4.69) is 173 Å². The highest BCUT2D eigenvalue weighted by Gasteiger charge is 2.37. The van der Waals surface area contributed by atoms with E-state index in [0.29, 0.717) is 49.3 Å². The van der Waals surface area contributed by atoms with Crippen LogP contribution in [0.1, 0.15) is 44.5 Å². The zero-order chi connectivity index (χ0) is 85.6. The molecule has 6 N–H and O–H groups in total. The van der Waals surface area contributed by atoms with Gasteiger partial charge in [-0.05, 0) is 346 Å². The van der Waals surface area contributed by atoms with Crippen LogP contribution in [0.4, 0.5) is 35.1 Å². The molecule has 17 aromatic rings. The third-order valence-electron chi connectivity index (χ3n) is 19.3. The van der Waals surface area contributed by atoms with Gasteiger partial charge >= 0.3 is 12.4 Å². The Balaban J connectivity index is 0.000000132. The van der Waals surface area contributed by atoms with Crippen molar-refractivity contribution in [2.24, 2.45) is 0 Å². The maximum Gasteiger partial charge on any atom is 0.416 e. The highest BCUT2D eigenvalue weighted by atomic mass is 79.9. The first-order chi connectivity index (χ1) is 56.5. The van der Waals surface area contributed by atoms with Gasteiger partial charge in [-0.2, -0.15) is 26.3 Å². The van der Waals surface area contributed by atoms with E-state index in [1.54, 1.807) is 19.1 Å². The van der Waals surface area contributed by atoms with Crippen LogP contribution in [0.2, 0.25) is 0 Å². The predicted molar refractivity (Wildman–Crippen MR) is 487 cm³/mol. The average molecular weight is 1990 g/mol. The smallest absolute Gasteiger partial charge is 0.416 e. The molecular formula is C98H71Br6F8NO6. The number of aryl methyl sites for hydroxylation is 6. The molecule has 0 amide bonds. The Bertz CT molecular complexity index is 6530. The SMILES string of the molecule is Cc1cc(Br)c(O)c(-c2c3ccccc3cc3ccccc23)c1.Cc1cc(Br)c(O)c(-c2cc(C(F)(F)F)cc(C(F)(F)F)c2)c1.Cc1cc(Br)c(O)c(-c2cc(F)cc(F)c2)c1.Cc1cc(Br)c(O)c(-c2cccc3ccccc23)c1.Cc1cc(Br)c(O)c(-c2ccccc2)c1.Cc1cc(Br)c(O)c(-n2c3ccccc3c3ccccc32)c1. The highest BCUT2D eigenvalue weighted by molar-refractivity contribution is 9.11. The molecular weight excluding hydrogens is 1920 g/mol. The fourth-order valence-electron chi connectivity index (χ4n) is 14.0. The standard InChI is InChI=1S/C21H15BrO.C19H14BrNO.C17H13BrO.C15H9BrF6O.C13H9BrF2O.C13H11BrO/c1-13-10-18(21(23)19(22)11-13)20-16-8-4-2-6-14(16)12-15-7-3-5-9-17(15)20;1-12-10-15(20)19(22)18(11-12)21-16-8-4-2-6-13(16)14-7-3-5-9-17(14)21;1-11-9-15(17(19)16(18)10-11)14-8-4-6-12-5-2-3-7-13(12)14;1-7-2-11(13(23)12(16)3-7)8-4-9(14(17,18)19)6-10(5-8)15(20,21)22;1-7-2-11(13(17)12(14)3-7)8-4-9(15)6-10(16)5-8;1-9-7-11(13(15)12(14)8-9)10-5-3-2-4-6-10/h2-12,23H,1H3;2-11,22H,1H3;2-10,19H,1H3;2-6,23H,1H3;2-6,17H,1H3;2-8,15H,1H3. The van der Waals surface area contributed by atoms with Crippen molar-refractivity contribution in [2.45, 2.75) is 53.9 Å². The summed E-state index contributed by atoms with van der Waals surface area (Å²) in [6, 6.07) is 86.0. The third kappa shape index (κ3) is 20.2. The molecule has 1 heterocycles. The molecule has 0 fully saturated rings. The zero-order valence-corrected chi connectivity index (χ0v) is 73.6. The topological polar surface area (TPSA) is 126 Å². The lowest BCUT2D eigenvalue weighted by molar-refractivity contribution is -0.143. The maximum atomic E-state index is 13.1. The van der Waals surface area contributed by atoms with E-state index in [0.717, 1.165) is 114 Å². The molecule has 0 saturated heterocycles. The number of halogens is 14. The lowest BCUT2D eigenvalue weighted by Crippen LogP contribution is -2.11. The normalized spacial score (nSPS) is 11.2. The minimum absolute atomic E-state index is 0.0272. The van der Waals surface area contributed by atoms with Gasteiger partial charge in [-0.25, -0.2) is 8.78 Å². The van der Waals surface area contributed by atoms with Gasteiger partial charge in [-0.1, -0.05) is 158 Å². The van der Waals surface area contributed by atoms with Crippen molar-refractivity contribution >= 4 is 150 Å². The Morgan fingerprint density at radius 2 is 0.571 bits per heavy atom. The Hall–Kier alpha value is -10.8. The summed E-state index contributed by atoms with van der Waals surface area (Å²) in [6.07, 6.45) is -9.88. The van der Waals surface area contributed by atoms with Gasteiger partial charge in [-0.3, -0.25) is 0 Å². The largest absolute Gasteiger partial charge is 0.506 e. The predicted octanol–water partition coefficient (Wildman–Crippen LogP) is 32.0. The highest BCUT2D eigenvalue weighted by Crippen LogP contribution is 2.48. The van der Waals surface area contributed by atoms with Crippen molar-refractivity contribution in [3.8, 4) is 95.8 Å². The van der Waals surface area contributed by atoms with Crippen LogP contribution in [0.3, 0.4) is 0 Å². The van der Waals surface area contributed by atoms with Gasteiger partial charge in [0.1, 0.15) is 40.4 Å². The summed E-state index contributed by atoms with van der Waals surface area (Å²) in [5.41, 5.74) is 12.0. The van der Waals surface area contributed by atoms with E-state index in [9.17, 15) is 65.8 Å². The lowest BCUT2D eigenvalue weighted by atomic mass is 9.91. The molecule has 0 spiro atoms. The van der Waals surface area contributed by atoms with Crippen LogP contribution >= 0.6 is 95.6 Å². The molecule has 1 aromatic heterocycles. The average Bonchev–Trinajstić information content (AvgIpc) is 1.73. The monoisotopic (exact) mass is 1980 g/mol. The number of phenolic OH excluding ortho intramolecular Hbond substituents is 6. The molecule has 17 rings (SSSR count). The Kier molecular flexibility index (Phi) is 27.4. The number of alkyl halides is 6. The molecule has 0 aliphatic heterocycles. The zero-order valence-electron chi connectivity index (χ0n) is 64.1. The summed E-state index contributed by atoms with van der Waals surface area (Å²) in [6.45, 7) is 11.5. The lowest BCUT2D eigenvalue weighted by Gasteiger charge is -2.15. The second-order valence-corrected chi connectivity index (χ2v) is 33.4. The van der Waals surface area contributed by atoms with Gasteiger partial charge in [0.15, 0.2) is 5.75 Å². The molecule has 0 saturated carbocycles. The Morgan fingerprint density at radius 3 is 1.01 bits per heavy atom. The van der Waals surface area contributed by atoms with Gasteiger partial charge in [0, 0.05) is 50.2 Å². The quantitative estimate of drug-likeness (QED) is 0.0728. The first-order valence-electron chi connectivity index (χ1n) is 36.7. The summed E-state index contributed by atoms with van der Waals surface area (Å²) in [5, 5.41) is 70.6.